The summed E-state index contributed by atoms with van der Waals surface area (Å²) in [4.78, 5) is 26.4. The molecule has 0 aliphatic heterocycles. The minimum Gasteiger partial charge on any atom is -0.495 e. The molecule has 0 spiro atoms. The molecule has 12 nitrogen and oxygen atoms in total. The average Bonchev–Trinajstić information content (AvgIpc) is 3.52. The molecular weight excluding hydrogens is 631 g/mol. The van der Waals surface area contributed by atoms with Crippen LogP contribution in [0.2, 0.25) is 10.0 Å². The van der Waals surface area contributed by atoms with Gasteiger partial charge >= 0.3 is 0 Å². The van der Waals surface area contributed by atoms with Crippen molar-refractivity contribution in [2.24, 2.45) is 0 Å². The number of hydrogen-bond acceptors (Lipinski definition) is 10. The van der Waals surface area contributed by atoms with Gasteiger partial charge < -0.3 is 30.2 Å². The van der Waals surface area contributed by atoms with Crippen LogP contribution in [-0.2, 0) is 22.6 Å². The molecule has 0 saturated carbocycles. The number of fused-ring (bicyclic) bond motifs is 1. The Kier molecular flexibility index (Phi) is 10.2. The van der Waals surface area contributed by atoms with E-state index in [-0.39, 0.29) is 16.0 Å². The molecule has 0 fully saturated rings. The number of amides is 1. The van der Waals surface area contributed by atoms with Crippen LogP contribution in [0.5, 0.6) is 11.5 Å². The molecule has 14 heteroatoms. The molecule has 0 radical (unpaired) electrons. The number of methoxy groups -OCH3 is 3. The van der Waals surface area contributed by atoms with Gasteiger partial charge in [-0.15, -0.1) is 0 Å². The van der Waals surface area contributed by atoms with Crippen LogP contribution in [-0.4, -0.2) is 58.6 Å². The Bertz CT molecular complexity index is 1890. The van der Waals surface area contributed by atoms with Gasteiger partial charge in [-0.3, -0.25) is 9.48 Å². The third kappa shape index (κ3) is 6.99. The van der Waals surface area contributed by atoms with E-state index < -0.39 is 0 Å². The van der Waals surface area contributed by atoms with E-state index in [1.54, 1.807) is 42.4 Å². The van der Waals surface area contributed by atoms with E-state index in [1.165, 1.54) is 20.3 Å². The lowest BCUT2D eigenvalue weighted by Gasteiger charge is -2.17. The molecule has 3 heterocycles. The quantitative estimate of drug-likeness (QED) is 0.118. The molecule has 2 aromatic carbocycles. The highest BCUT2D eigenvalue weighted by atomic mass is 35.5. The van der Waals surface area contributed by atoms with Crippen molar-refractivity contribution in [1.82, 2.24) is 24.7 Å². The number of para-hydroxylation sites is 1. The third-order valence-electron chi connectivity index (χ3n) is 7.02. The second-order valence-electron chi connectivity index (χ2n) is 10.0. The Morgan fingerprint density at radius 2 is 1.83 bits per heavy atom. The number of benzene rings is 2. The van der Waals surface area contributed by atoms with Crippen LogP contribution in [0.25, 0.3) is 22.2 Å². The summed E-state index contributed by atoms with van der Waals surface area (Å²) in [6.45, 7) is 7.01. The van der Waals surface area contributed by atoms with Gasteiger partial charge in [0.15, 0.2) is 5.82 Å². The van der Waals surface area contributed by atoms with E-state index >= 15 is 0 Å². The number of nitrogens with one attached hydrogen (secondary N) is 3. The third-order valence-corrected chi connectivity index (χ3v) is 7.77. The summed E-state index contributed by atoms with van der Waals surface area (Å²) in [6, 6.07) is 8.95. The zero-order valence-electron chi connectivity index (χ0n) is 25.6. The number of carbonyl (C=O) groups excluding carboxylic acids is 1. The molecule has 0 aliphatic carbocycles. The summed E-state index contributed by atoms with van der Waals surface area (Å²) < 4.78 is 17.9. The lowest BCUT2D eigenvalue weighted by molar-refractivity contribution is -0.111. The first kappa shape index (κ1) is 32.5. The van der Waals surface area contributed by atoms with E-state index in [1.807, 2.05) is 25.3 Å². The minimum absolute atomic E-state index is 0.276. The van der Waals surface area contributed by atoms with Gasteiger partial charge in [-0.1, -0.05) is 41.9 Å². The normalized spacial score (nSPS) is 10.9. The number of carbonyl (C=O) groups is 1. The highest BCUT2D eigenvalue weighted by Gasteiger charge is 2.22. The molecular formula is C32H32Cl2N8O4. The summed E-state index contributed by atoms with van der Waals surface area (Å²) in [7, 11) is 4.67. The average molecular weight is 664 g/mol. The summed E-state index contributed by atoms with van der Waals surface area (Å²) in [5.74, 6) is 1.16. The maximum atomic E-state index is 12.1. The van der Waals surface area contributed by atoms with Gasteiger partial charge in [-0.05, 0) is 30.7 Å². The highest BCUT2D eigenvalue weighted by molar-refractivity contribution is 6.41. The number of nitrogens with zero attached hydrogens (tertiary/aromatic N) is 5. The number of aryl methyl sites for hydroxylation is 1. The summed E-state index contributed by atoms with van der Waals surface area (Å²) in [5, 5.41) is 15.1. The standard InChI is InChI=1S/C32H32Cl2N8O4/c1-6-25(43)38-21-9-7-8-18(2)29(21)40-32-36-16-20-12-22(26-27(33)23(45-4)13-24(46-5)28(26)34)39-31(30(20)41-32)35-14-19-15-37-42(17-19)10-11-44-3/h6-9,12-13,15-17H,1,10-11,14H2,2-5H3,(H,35,39)(H,38,43)(H,36,40,41). The lowest BCUT2D eigenvalue weighted by Crippen LogP contribution is -2.11. The Labute approximate surface area is 275 Å². The van der Waals surface area contributed by atoms with E-state index in [9.17, 15) is 4.79 Å². The number of halogens is 2. The van der Waals surface area contributed by atoms with Crippen LogP contribution in [0.3, 0.4) is 0 Å². The highest BCUT2D eigenvalue weighted by Crippen LogP contribution is 2.46. The van der Waals surface area contributed by atoms with Crippen molar-refractivity contribution in [2.45, 2.75) is 20.0 Å². The zero-order chi connectivity index (χ0) is 32.8. The number of pyridine rings is 1. The zero-order valence-corrected chi connectivity index (χ0v) is 27.2. The predicted molar refractivity (Wildman–Crippen MR) is 181 cm³/mol. The summed E-state index contributed by atoms with van der Waals surface area (Å²) in [6.07, 6.45) is 6.58. The first-order valence-electron chi connectivity index (χ1n) is 14.1. The fraction of sp³-hybridized carbons (Fsp3) is 0.219. The molecule has 0 bridgehead atoms. The van der Waals surface area contributed by atoms with E-state index in [2.05, 4.69) is 32.6 Å². The lowest BCUT2D eigenvalue weighted by atomic mass is 10.1. The molecule has 3 aromatic heterocycles. The van der Waals surface area contributed by atoms with Crippen molar-refractivity contribution in [1.29, 1.82) is 0 Å². The van der Waals surface area contributed by atoms with Crippen LogP contribution >= 0.6 is 23.2 Å². The van der Waals surface area contributed by atoms with Crippen molar-refractivity contribution < 1.29 is 19.0 Å². The molecule has 0 atom stereocenters. The van der Waals surface area contributed by atoms with Crippen molar-refractivity contribution in [3.05, 3.63) is 82.7 Å². The Hall–Kier alpha value is -4.91. The first-order chi connectivity index (χ1) is 22.3. The van der Waals surface area contributed by atoms with E-state index in [0.29, 0.717) is 76.5 Å². The van der Waals surface area contributed by atoms with Crippen LogP contribution < -0.4 is 25.4 Å². The van der Waals surface area contributed by atoms with Gasteiger partial charge in [0.05, 0.1) is 60.7 Å². The van der Waals surface area contributed by atoms with Crippen LogP contribution in [0.1, 0.15) is 11.1 Å². The molecule has 0 saturated heterocycles. The molecule has 238 valence electrons. The maximum Gasteiger partial charge on any atom is 0.247 e. The number of rotatable bonds is 13. The van der Waals surface area contributed by atoms with Crippen molar-refractivity contribution >= 4 is 63.2 Å². The van der Waals surface area contributed by atoms with Crippen molar-refractivity contribution in [3.63, 3.8) is 0 Å². The molecule has 46 heavy (non-hydrogen) atoms. The number of ether oxygens (including phenoxy) is 3. The molecule has 0 unspecified atom stereocenters. The van der Waals surface area contributed by atoms with Crippen LogP contribution in [0, 0.1) is 6.92 Å². The van der Waals surface area contributed by atoms with E-state index in [4.69, 9.17) is 47.4 Å². The maximum absolute atomic E-state index is 12.1. The minimum atomic E-state index is -0.340. The van der Waals surface area contributed by atoms with Gasteiger partial charge in [0.1, 0.15) is 17.0 Å². The van der Waals surface area contributed by atoms with Gasteiger partial charge in [-0.2, -0.15) is 5.10 Å². The predicted octanol–water partition coefficient (Wildman–Crippen LogP) is 6.65. The number of anilines is 4. The molecule has 3 N–H and O–H groups in total. The Morgan fingerprint density at radius 1 is 1.07 bits per heavy atom. The molecule has 1 amide bonds. The fourth-order valence-electron chi connectivity index (χ4n) is 4.69. The van der Waals surface area contributed by atoms with Gasteiger partial charge in [-0.25, -0.2) is 15.0 Å². The number of aromatic nitrogens is 5. The Morgan fingerprint density at radius 3 is 2.52 bits per heavy atom. The monoisotopic (exact) mass is 662 g/mol. The SMILES string of the molecule is C=CC(=O)Nc1cccc(C)c1Nc1ncc2cc(-c3c(Cl)c(OC)cc(OC)c3Cl)nc(NCc3cnn(CCOC)c3)c2n1. The van der Waals surface area contributed by atoms with E-state index in [0.717, 1.165) is 11.1 Å². The molecule has 5 rings (SSSR count). The fourth-order valence-corrected chi connectivity index (χ4v) is 5.38. The largest absolute Gasteiger partial charge is 0.495 e. The first-order valence-corrected chi connectivity index (χ1v) is 14.8. The van der Waals surface area contributed by atoms with Gasteiger partial charge in [0.2, 0.25) is 11.9 Å². The van der Waals surface area contributed by atoms with Crippen molar-refractivity contribution in [3.8, 4) is 22.8 Å². The van der Waals surface area contributed by atoms with Crippen molar-refractivity contribution in [2.75, 3.05) is 43.9 Å². The summed E-state index contributed by atoms with van der Waals surface area (Å²) in [5.41, 5.74) is 4.41. The second-order valence-corrected chi connectivity index (χ2v) is 10.8. The van der Waals surface area contributed by atoms with Crippen LogP contribution in [0.15, 0.2) is 61.6 Å². The number of hydrogen-bond donors (Lipinski definition) is 3. The molecule has 0 aliphatic rings. The molecule has 5 aromatic rings. The topological polar surface area (TPSA) is 137 Å². The second kappa shape index (κ2) is 14.5. The summed E-state index contributed by atoms with van der Waals surface area (Å²) >= 11 is 13.5. The van der Waals surface area contributed by atoms with Gasteiger partial charge in [0.25, 0.3) is 0 Å². The smallest absolute Gasteiger partial charge is 0.247 e. The Balaban J connectivity index is 1.60. The van der Waals surface area contributed by atoms with Crippen LogP contribution in [0.4, 0.5) is 23.1 Å². The van der Waals surface area contributed by atoms with Gasteiger partial charge in [0, 0.05) is 48.6 Å².